The third-order valence-electron chi connectivity index (χ3n) is 3.49. The van der Waals surface area contributed by atoms with Crippen molar-refractivity contribution in [3.8, 4) is 0 Å². The third-order valence-corrected chi connectivity index (χ3v) is 4.77. The van der Waals surface area contributed by atoms with Crippen LogP contribution in [0, 0.1) is 0 Å². The molecule has 2 aliphatic rings. The maximum absolute atomic E-state index is 11.8. The summed E-state index contributed by atoms with van der Waals surface area (Å²) < 4.78 is 41.8. The summed E-state index contributed by atoms with van der Waals surface area (Å²) in [4.78, 5) is 0. The fourth-order valence-electron chi connectivity index (χ4n) is 2.71. The summed E-state index contributed by atoms with van der Waals surface area (Å²) in [6, 6.07) is -0.299. The fraction of sp³-hybridized carbons (Fsp3) is 1.00. The molecule has 0 radical (unpaired) electrons. The molecule has 0 amide bonds. The molecule has 6 nitrogen and oxygen atoms in total. The maximum Gasteiger partial charge on any atom is 0.211 e. The normalized spacial score (nSPS) is 37.2. The van der Waals surface area contributed by atoms with Gasteiger partial charge in [-0.15, -0.1) is 0 Å². The minimum atomic E-state index is -3.25. The predicted octanol–water partition coefficient (Wildman–Crippen LogP) is 0.187. The summed E-state index contributed by atoms with van der Waals surface area (Å²) >= 11 is 0. The van der Waals surface area contributed by atoms with E-state index in [1.807, 2.05) is 13.8 Å². The van der Waals surface area contributed by atoms with E-state index < -0.39 is 15.8 Å². The zero-order valence-corrected chi connectivity index (χ0v) is 12.1. The minimum absolute atomic E-state index is 0.137. The second kappa shape index (κ2) is 4.72. The van der Waals surface area contributed by atoms with Crippen LogP contribution in [-0.4, -0.2) is 63.3 Å². The van der Waals surface area contributed by atoms with Gasteiger partial charge in [0.1, 0.15) is 6.10 Å². The molecule has 0 bridgehead atoms. The number of hydrogen-bond donors (Lipinski definition) is 0. The SMILES string of the molecule is CO[C@H]1CCN(S(C)(=O)=O)[C@H]1[C@H]1COC(C)(C)O1. The lowest BCUT2D eigenvalue weighted by atomic mass is 10.1. The van der Waals surface area contributed by atoms with Crippen molar-refractivity contribution in [3.05, 3.63) is 0 Å². The molecule has 18 heavy (non-hydrogen) atoms. The molecule has 0 unspecified atom stereocenters. The van der Waals surface area contributed by atoms with Gasteiger partial charge in [-0.3, -0.25) is 0 Å². The number of methoxy groups -OCH3 is 1. The van der Waals surface area contributed by atoms with Crippen molar-refractivity contribution in [3.63, 3.8) is 0 Å². The van der Waals surface area contributed by atoms with Crippen molar-refractivity contribution in [2.45, 2.75) is 44.3 Å². The number of ether oxygens (including phenoxy) is 3. The highest BCUT2D eigenvalue weighted by Crippen LogP contribution is 2.33. The van der Waals surface area contributed by atoms with E-state index in [2.05, 4.69) is 0 Å². The Hall–Kier alpha value is -0.210. The molecule has 0 spiro atoms. The van der Waals surface area contributed by atoms with Crippen LogP contribution in [0.2, 0.25) is 0 Å². The molecule has 0 saturated carbocycles. The molecule has 2 fully saturated rings. The highest BCUT2D eigenvalue weighted by molar-refractivity contribution is 7.88. The van der Waals surface area contributed by atoms with E-state index in [1.165, 1.54) is 10.6 Å². The average molecular weight is 279 g/mol. The topological polar surface area (TPSA) is 65.1 Å². The first-order valence-corrected chi connectivity index (χ1v) is 7.91. The molecule has 106 valence electrons. The lowest BCUT2D eigenvalue weighted by Crippen LogP contribution is -2.48. The van der Waals surface area contributed by atoms with Crippen LogP contribution in [0.15, 0.2) is 0 Å². The van der Waals surface area contributed by atoms with Crippen LogP contribution in [0.25, 0.3) is 0 Å². The van der Waals surface area contributed by atoms with Gasteiger partial charge < -0.3 is 14.2 Å². The van der Waals surface area contributed by atoms with Gasteiger partial charge in [0.2, 0.25) is 10.0 Å². The van der Waals surface area contributed by atoms with E-state index in [-0.39, 0.29) is 18.2 Å². The van der Waals surface area contributed by atoms with Crippen molar-refractivity contribution >= 4 is 10.0 Å². The molecule has 0 N–H and O–H groups in total. The molecular formula is C11H21NO5S. The Kier molecular flexibility index (Phi) is 3.72. The van der Waals surface area contributed by atoms with E-state index in [0.29, 0.717) is 19.6 Å². The van der Waals surface area contributed by atoms with Crippen molar-refractivity contribution in [2.24, 2.45) is 0 Å². The number of sulfonamides is 1. The molecule has 2 rings (SSSR count). The monoisotopic (exact) mass is 279 g/mol. The molecule has 3 atom stereocenters. The van der Waals surface area contributed by atoms with Crippen LogP contribution in [0.3, 0.4) is 0 Å². The standard InChI is InChI=1S/C11H21NO5S/c1-11(2)16-7-9(17-11)10-8(15-3)5-6-12(10)18(4,13)14/h8-10H,5-7H2,1-4H3/t8-,9+,10+/m0/s1. The first-order chi connectivity index (χ1) is 8.24. The smallest absolute Gasteiger partial charge is 0.211 e. The van der Waals surface area contributed by atoms with Crippen LogP contribution < -0.4 is 0 Å². The van der Waals surface area contributed by atoms with Gasteiger partial charge in [-0.1, -0.05) is 0 Å². The second-order valence-corrected chi connectivity index (χ2v) is 7.23. The van der Waals surface area contributed by atoms with Crippen LogP contribution in [0.5, 0.6) is 0 Å². The maximum atomic E-state index is 11.8. The van der Waals surface area contributed by atoms with E-state index in [0.717, 1.165) is 0 Å². The van der Waals surface area contributed by atoms with Crippen LogP contribution in [0.4, 0.5) is 0 Å². The molecule has 7 heteroatoms. The quantitative estimate of drug-likeness (QED) is 0.738. The molecule has 0 aromatic heterocycles. The van der Waals surface area contributed by atoms with E-state index >= 15 is 0 Å². The Morgan fingerprint density at radius 3 is 2.50 bits per heavy atom. The van der Waals surface area contributed by atoms with Crippen molar-refractivity contribution < 1.29 is 22.6 Å². The van der Waals surface area contributed by atoms with Gasteiger partial charge in [0, 0.05) is 13.7 Å². The summed E-state index contributed by atoms with van der Waals surface area (Å²) in [5.41, 5.74) is 0. The minimum Gasteiger partial charge on any atom is -0.380 e. The van der Waals surface area contributed by atoms with Gasteiger partial charge in [-0.2, -0.15) is 4.31 Å². The molecular weight excluding hydrogens is 258 g/mol. The number of nitrogens with zero attached hydrogens (tertiary/aromatic N) is 1. The van der Waals surface area contributed by atoms with Crippen molar-refractivity contribution in [1.82, 2.24) is 4.31 Å². The summed E-state index contributed by atoms with van der Waals surface area (Å²) in [5, 5.41) is 0. The Morgan fingerprint density at radius 1 is 1.39 bits per heavy atom. The van der Waals surface area contributed by atoms with Crippen molar-refractivity contribution in [1.29, 1.82) is 0 Å². The molecule has 2 saturated heterocycles. The van der Waals surface area contributed by atoms with Crippen LogP contribution in [0.1, 0.15) is 20.3 Å². The molecule has 0 aliphatic carbocycles. The van der Waals surface area contributed by atoms with Crippen molar-refractivity contribution in [2.75, 3.05) is 26.5 Å². The van der Waals surface area contributed by atoms with E-state index in [1.54, 1.807) is 7.11 Å². The lowest BCUT2D eigenvalue weighted by molar-refractivity contribution is -0.147. The molecule has 2 aliphatic heterocycles. The van der Waals surface area contributed by atoms with Crippen LogP contribution >= 0.6 is 0 Å². The summed E-state index contributed by atoms with van der Waals surface area (Å²) in [6.07, 6.45) is 1.50. The number of rotatable bonds is 3. The van der Waals surface area contributed by atoms with Gasteiger partial charge in [0.05, 0.1) is 25.0 Å². The Bertz CT molecular complexity index is 408. The lowest BCUT2D eigenvalue weighted by Gasteiger charge is -2.30. The molecule has 0 aromatic rings. The predicted molar refractivity (Wildman–Crippen MR) is 65.7 cm³/mol. The van der Waals surface area contributed by atoms with E-state index in [9.17, 15) is 8.42 Å². The first kappa shape index (κ1) is 14.2. The summed E-state index contributed by atoms with van der Waals surface area (Å²) in [7, 11) is -1.65. The number of hydrogen-bond acceptors (Lipinski definition) is 5. The van der Waals surface area contributed by atoms with Gasteiger partial charge in [0.25, 0.3) is 0 Å². The van der Waals surface area contributed by atoms with E-state index in [4.69, 9.17) is 14.2 Å². The van der Waals surface area contributed by atoms with Crippen LogP contribution in [-0.2, 0) is 24.2 Å². The highest BCUT2D eigenvalue weighted by Gasteiger charge is 2.49. The second-order valence-electron chi connectivity index (χ2n) is 5.29. The molecule has 2 heterocycles. The Morgan fingerprint density at radius 2 is 2.06 bits per heavy atom. The largest absolute Gasteiger partial charge is 0.380 e. The fourth-order valence-corrected chi connectivity index (χ4v) is 3.86. The van der Waals surface area contributed by atoms with Gasteiger partial charge >= 0.3 is 0 Å². The summed E-state index contributed by atoms with van der Waals surface area (Å²) in [5.74, 6) is -0.658. The third kappa shape index (κ3) is 2.70. The van der Waals surface area contributed by atoms with Gasteiger partial charge in [0.15, 0.2) is 5.79 Å². The van der Waals surface area contributed by atoms with Gasteiger partial charge in [-0.25, -0.2) is 8.42 Å². The molecule has 0 aromatic carbocycles. The average Bonchev–Trinajstić information content (AvgIpc) is 2.79. The Labute approximate surface area is 108 Å². The first-order valence-electron chi connectivity index (χ1n) is 6.06. The zero-order chi connectivity index (χ0) is 13.6. The summed E-state index contributed by atoms with van der Waals surface area (Å²) in [6.45, 7) is 4.52. The highest BCUT2D eigenvalue weighted by atomic mass is 32.2. The Balaban J connectivity index is 2.21. The van der Waals surface area contributed by atoms with Gasteiger partial charge in [-0.05, 0) is 20.3 Å². The zero-order valence-electron chi connectivity index (χ0n) is 11.3.